The Morgan fingerprint density at radius 3 is 2.65 bits per heavy atom. The maximum atomic E-state index is 12.0. The van der Waals surface area contributed by atoms with Gasteiger partial charge in [0.1, 0.15) is 5.75 Å². The number of piperidine rings is 1. The molecule has 7 heteroatoms. The molecule has 2 N–H and O–H groups in total. The molecule has 2 heterocycles. The first-order valence-electron chi connectivity index (χ1n) is 6.59. The van der Waals surface area contributed by atoms with Gasteiger partial charge in [-0.25, -0.2) is 0 Å². The minimum Gasteiger partial charge on any atom is -0.492 e. The summed E-state index contributed by atoms with van der Waals surface area (Å²) in [5.74, 6) is 0.363. The molecule has 1 aliphatic rings. The second-order valence-corrected chi connectivity index (χ2v) is 4.92. The second-order valence-electron chi connectivity index (χ2n) is 4.92. The van der Waals surface area contributed by atoms with Gasteiger partial charge in [0.2, 0.25) is 0 Å². The fraction of sp³-hybridized carbons (Fsp3) is 0.615. The minimum atomic E-state index is -4.20. The van der Waals surface area contributed by atoms with Gasteiger partial charge >= 0.3 is 6.18 Å². The van der Waals surface area contributed by atoms with Crippen molar-refractivity contribution in [3.8, 4) is 5.75 Å². The van der Waals surface area contributed by atoms with E-state index in [2.05, 4.69) is 9.88 Å². The Balaban J connectivity index is 1.91. The van der Waals surface area contributed by atoms with Crippen molar-refractivity contribution >= 4 is 5.69 Å². The molecular formula is C13H18F3N3O. The summed E-state index contributed by atoms with van der Waals surface area (Å²) in [5.41, 5.74) is 6.70. The average molecular weight is 289 g/mol. The number of nitrogens with two attached hydrogens (primary N) is 1. The van der Waals surface area contributed by atoms with Crippen LogP contribution in [0.5, 0.6) is 5.75 Å². The molecule has 1 aromatic rings. The fourth-order valence-corrected chi connectivity index (χ4v) is 2.10. The SMILES string of the molecule is NC1CCN(c2cncc(OCCC(F)(F)F)c2)CC1. The van der Waals surface area contributed by atoms with Crippen LogP contribution in [-0.4, -0.2) is 36.9 Å². The van der Waals surface area contributed by atoms with Gasteiger partial charge in [-0.15, -0.1) is 0 Å². The Labute approximate surface area is 115 Å². The molecule has 1 fully saturated rings. The third-order valence-corrected chi connectivity index (χ3v) is 3.26. The normalized spacial score (nSPS) is 17.3. The van der Waals surface area contributed by atoms with Crippen LogP contribution in [0.25, 0.3) is 0 Å². The lowest BCUT2D eigenvalue weighted by atomic mass is 10.1. The average Bonchev–Trinajstić information content (AvgIpc) is 2.38. The van der Waals surface area contributed by atoms with Gasteiger partial charge in [0.15, 0.2) is 0 Å². The first-order chi connectivity index (χ1) is 9.44. The highest BCUT2D eigenvalue weighted by molar-refractivity contribution is 5.48. The van der Waals surface area contributed by atoms with Gasteiger partial charge in [0.05, 0.1) is 31.1 Å². The van der Waals surface area contributed by atoms with E-state index in [1.165, 1.54) is 6.20 Å². The molecule has 0 spiro atoms. The van der Waals surface area contributed by atoms with Crippen molar-refractivity contribution in [2.45, 2.75) is 31.5 Å². The van der Waals surface area contributed by atoms with Gasteiger partial charge in [0, 0.05) is 25.2 Å². The van der Waals surface area contributed by atoms with Gasteiger partial charge in [-0.1, -0.05) is 0 Å². The topological polar surface area (TPSA) is 51.4 Å². The number of alkyl halides is 3. The van der Waals surface area contributed by atoms with Crippen molar-refractivity contribution < 1.29 is 17.9 Å². The molecule has 0 unspecified atom stereocenters. The lowest BCUT2D eigenvalue weighted by molar-refractivity contribution is -0.139. The van der Waals surface area contributed by atoms with Crippen molar-refractivity contribution in [1.82, 2.24) is 4.98 Å². The number of aromatic nitrogens is 1. The maximum absolute atomic E-state index is 12.0. The largest absolute Gasteiger partial charge is 0.492 e. The zero-order valence-corrected chi connectivity index (χ0v) is 11.1. The molecule has 4 nitrogen and oxygen atoms in total. The standard InChI is InChI=1S/C13H18F3N3O/c14-13(15,16)3-6-20-12-7-11(8-18-9-12)19-4-1-10(17)2-5-19/h7-10H,1-6,17H2. The molecule has 1 saturated heterocycles. The number of ether oxygens (including phenoxy) is 1. The summed E-state index contributed by atoms with van der Waals surface area (Å²) in [6.07, 6.45) is -0.245. The minimum absolute atomic E-state index is 0.227. The van der Waals surface area contributed by atoms with Crippen LogP contribution in [0.4, 0.5) is 18.9 Å². The Kier molecular flexibility index (Phi) is 4.69. The Morgan fingerprint density at radius 1 is 1.30 bits per heavy atom. The molecule has 0 radical (unpaired) electrons. The smallest absolute Gasteiger partial charge is 0.392 e. The number of nitrogens with zero attached hydrogens (tertiary/aromatic N) is 2. The van der Waals surface area contributed by atoms with Crippen molar-refractivity contribution in [2.75, 3.05) is 24.6 Å². The van der Waals surface area contributed by atoms with Gasteiger partial charge in [-0.2, -0.15) is 13.2 Å². The number of hydrogen-bond acceptors (Lipinski definition) is 4. The molecule has 0 aliphatic carbocycles. The van der Waals surface area contributed by atoms with Gasteiger partial charge < -0.3 is 15.4 Å². The van der Waals surface area contributed by atoms with Crippen molar-refractivity contribution in [3.63, 3.8) is 0 Å². The Bertz CT molecular complexity index is 431. The van der Waals surface area contributed by atoms with Crippen LogP contribution in [0.2, 0.25) is 0 Å². The van der Waals surface area contributed by atoms with Crippen LogP contribution >= 0.6 is 0 Å². The van der Waals surface area contributed by atoms with Crippen molar-refractivity contribution in [1.29, 1.82) is 0 Å². The summed E-state index contributed by atoms with van der Waals surface area (Å²) in [6.45, 7) is 1.27. The molecule has 0 amide bonds. The van der Waals surface area contributed by atoms with Crippen LogP contribution < -0.4 is 15.4 Å². The molecule has 1 aromatic heterocycles. The first-order valence-corrected chi connectivity index (χ1v) is 6.59. The number of halogens is 3. The van der Waals surface area contributed by atoms with E-state index in [-0.39, 0.29) is 12.6 Å². The van der Waals surface area contributed by atoms with Crippen molar-refractivity contribution in [3.05, 3.63) is 18.5 Å². The molecule has 2 rings (SSSR count). The summed E-state index contributed by atoms with van der Waals surface area (Å²) in [4.78, 5) is 6.13. The molecule has 1 aliphatic heterocycles. The quantitative estimate of drug-likeness (QED) is 0.924. The predicted octanol–water partition coefficient (Wildman–Crippen LogP) is 2.34. The molecule has 0 saturated carbocycles. The molecule has 0 bridgehead atoms. The summed E-state index contributed by atoms with van der Waals surface area (Å²) >= 11 is 0. The van der Waals surface area contributed by atoms with Crippen LogP contribution in [0.3, 0.4) is 0 Å². The lowest BCUT2D eigenvalue weighted by Crippen LogP contribution is -2.39. The lowest BCUT2D eigenvalue weighted by Gasteiger charge is -2.31. The first kappa shape index (κ1) is 14.9. The van der Waals surface area contributed by atoms with E-state index in [9.17, 15) is 13.2 Å². The van der Waals surface area contributed by atoms with Crippen LogP contribution in [0.15, 0.2) is 18.5 Å². The Hall–Kier alpha value is -1.50. The zero-order chi connectivity index (χ0) is 14.6. The fourth-order valence-electron chi connectivity index (χ4n) is 2.10. The van der Waals surface area contributed by atoms with Crippen LogP contribution in [-0.2, 0) is 0 Å². The van der Waals surface area contributed by atoms with E-state index in [4.69, 9.17) is 10.5 Å². The summed E-state index contributed by atoms with van der Waals surface area (Å²) in [7, 11) is 0. The van der Waals surface area contributed by atoms with E-state index in [1.807, 2.05) is 0 Å². The highest BCUT2D eigenvalue weighted by Crippen LogP contribution is 2.24. The molecular weight excluding hydrogens is 271 g/mol. The van der Waals surface area contributed by atoms with E-state index in [1.54, 1.807) is 12.3 Å². The second kappa shape index (κ2) is 6.30. The number of pyridine rings is 1. The predicted molar refractivity (Wildman–Crippen MR) is 69.8 cm³/mol. The highest BCUT2D eigenvalue weighted by atomic mass is 19.4. The molecule has 20 heavy (non-hydrogen) atoms. The monoisotopic (exact) mass is 289 g/mol. The van der Waals surface area contributed by atoms with E-state index in [0.717, 1.165) is 31.6 Å². The van der Waals surface area contributed by atoms with Crippen LogP contribution in [0, 0.1) is 0 Å². The van der Waals surface area contributed by atoms with Crippen LogP contribution in [0.1, 0.15) is 19.3 Å². The van der Waals surface area contributed by atoms with Gasteiger partial charge in [-0.3, -0.25) is 4.98 Å². The third kappa shape index (κ3) is 4.56. The van der Waals surface area contributed by atoms with E-state index >= 15 is 0 Å². The highest BCUT2D eigenvalue weighted by Gasteiger charge is 2.26. The van der Waals surface area contributed by atoms with E-state index in [0.29, 0.717) is 5.75 Å². The van der Waals surface area contributed by atoms with Gasteiger partial charge in [0.25, 0.3) is 0 Å². The molecule has 0 aromatic carbocycles. The summed E-state index contributed by atoms with van der Waals surface area (Å²) in [6, 6.07) is 1.95. The molecule has 112 valence electrons. The number of rotatable bonds is 4. The molecule has 0 atom stereocenters. The van der Waals surface area contributed by atoms with E-state index < -0.39 is 12.6 Å². The Morgan fingerprint density at radius 2 is 2.00 bits per heavy atom. The van der Waals surface area contributed by atoms with Gasteiger partial charge in [-0.05, 0) is 12.8 Å². The number of anilines is 1. The maximum Gasteiger partial charge on any atom is 0.392 e. The zero-order valence-electron chi connectivity index (χ0n) is 11.1. The van der Waals surface area contributed by atoms with Crippen molar-refractivity contribution in [2.24, 2.45) is 5.73 Å². The summed E-state index contributed by atoms with van der Waals surface area (Å²) < 4.78 is 41.2. The summed E-state index contributed by atoms with van der Waals surface area (Å²) in [5, 5.41) is 0. The third-order valence-electron chi connectivity index (χ3n) is 3.26. The number of hydrogen-bond donors (Lipinski definition) is 1.